The molecule has 0 atom stereocenters. The summed E-state index contributed by atoms with van der Waals surface area (Å²) in [5, 5.41) is 2.50. The Kier molecular flexibility index (Phi) is 5.40. The van der Waals surface area contributed by atoms with Gasteiger partial charge in [0.1, 0.15) is 5.69 Å². The summed E-state index contributed by atoms with van der Waals surface area (Å²) in [6, 6.07) is -0.342. The number of carbonyl (C=O) groups is 1. The van der Waals surface area contributed by atoms with Gasteiger partial charge in [0, 0.05) is 33.2 Å². The van der Waals surface area contributed by atoms with Crippen LogP contribution in [0.3, 0.4) is 0 Å². The van der Waals surface area contributed by atoms with Crippen LogP contribution >= 0.6 is 0 Å². The van der Waals surface area contributed by atoms with Crippen LogP contribution in [0.25, 0.3) is 0 Å². The van der Waals surface area contributed by atoms with Crippen LogP contribution in [0, 0.1) is 23.5 Å². The molecule has 1 fully saturated rings. The minimum atomic E-state index is -1.68. The Labute approximate surface area is 131 Å². The Morgan fingerprint density at radius 1 is 1.17 bits per heavy atom. The van der Waals surface area contributed by atoms with E-state index >= 15 is 0 Å². The molecule has 2 rings (SSSR count). The molecule has 9 heteroatoms. The van der Waals surface area contributed by atoms with E-state index in [4.69, 9.17) is 0 Å². The molecule has 0 aromatic carbocycles. The van der Waals surface area contributed by atoms with Gasteiger partial charge in [0.15, 0.2) is 0 Å². The smallest absolute Gasteiger partial charge is 0.253 e. The Balaban J connectivity index is 1.96. The van der Waals surface area contributed by atoms with Crippen LogP contribution in [0.1, 0.15) is 12.8 Å². The molecule has 0 bridgehead atoms. The van der Waals surface area contributed by atoms with Crippen molar-refractivity contribution >= 4 is 11.6 Å². The molecule has 0 aliphatic carbocycles. The molecule has 1 N–H and O–H groups in total. The molecule has 128 valence electrons. The first-order valence-electron chi connectivity index (χ1n) is 7.18. The third-order valence-electron chi connectivity index (χ3n) is 3.79. The molecule has 0 spiro atoms. The normalized spacial score (nSPS) is 16.4. The van der Waals surface area contributed by atoms with Crippen molar-refractivity contribution in [1.29, 1.82) is 0 Å². The van der Waals surface area contributed by atoms with Gasteiger partial charge >= 0.3 is 0 Å². The molecular weight excluding hydrogens is 316 g/mol. The van der Waals surface area contributed by atoms with E-state index in [1.54, 1.807) is 14.1 Å². The Hall–Kier alpha value is -1.90. The number of anilines is 1. The molecular formula is C14H18F4N4O. The summed E-state index contributed by atoms with van der Waals surface area (Å²) in [5.74, 6) is -6.46. The number of piperidine rings is 1. The van der Waals surface area contributed by atoms with Crippen LogP contribution in [0.2, 0.25) is 0 Å². The number of amides is 1. The van der Waals surface area contributed by atoms with Gasteiger partial charge in [-0.3, -0.25) is 9.69 Å². The lowest BCUT2D eigenvalue weighted by Crippen LogP contribution is -2.44. The number of nitrogens with zero attached hydrogens (tertiary/aromatic N) is 3. The van der Waals surface area contributed by atoms with E-state index in [0.29, 0.717) is 25.9 Å². The topological polar surface area (TPSA) is 48.5 Å². The van der Waals surface area contributed by atoms with E-state index in [1.165, 1.54) is 4.90 Å². The predicted octanol–water partition coefficient (Wildman–Crippen LogP) is 1.60. The van der Waals surface area contributed by atoms with Crippen molar-refractivity contribution in [2.45, 2.75) is 18.9 Å². The summed E-state index contributed by atoms with van der Waals surface area (Å²) in [6.45, 7) is 1.34. The Morgan fingerprint density at radius 3 is 2.17 bits per heavy atom. The first-order valence-corrected chi connectivity index (χ1v) is 7.18. The Bertz CT molecular complexity index is 562. The highest BCUT2D eigenvalue weighted by atomic mass is 19.2. The number of pyridine rings is 1. The van der Waals surface area contributed by atoms with Crippen molar-refractivity contribution in [3.05, 3.63) is 23.5 Å². The quantitative estimate of drug-likeness (QED) is 0.671. The average Bonchev–Trinajstić information content (AvgIpc) is 2.51. The number of aromatic nitrogens is 1. The van der Waals surface area contributed by atoms with Gasteiger partial charge in [0.25, 0.3) is 11.9 Å². The van der Waals surface area contributed by atoms with Crippen molar-refractivity contribution in [2.24, 2.45) is 0 Å². The SMILES string of the molecule is CN(C)C(=O)CN1CCC(Nc2c(F)c(F)nc(F)c2F)CC1. The number of hydrogen-bond acceptors (Lipinski definition) is 4. The zero-order valence-electron chi connectivity index (χ0n) is 12.9. The number of hydrogen-bond donors (Lipinski definition) is 1. The summed E-state index contributed by atoms with van der Waals surface area (Å²) in [6.07, 6.45) is 0.982. The standard InChI is InChI=1S/C14H18F4N4O/c1-21(2)9(23)7-22-5-3-8(4-6-22)19-12-10(15)13(17)20-14(18)11(12)16/h8H,3-7H2,1-2H3,(H,19,20). The lowest BCUT2D eigenvalue weighted by Gasteiger charge is -2.33. The van der Waals surface area contributed by atoms with Crippen molar-refractivity contribution in [2.75, 3.05) is 39.0 Å². The fraction of sp³-hybridized carbons (Fsp3) is 0.571. The van der Waals surface area contributed by atoms with E-state index in [1.807, 2.05) is 4.90 Å². The summed E-state index contributed by atoms with van der Waals surface area (Å²) < 4.78 is 53.3. The highest BCUT2D eigenvalue weighted by Gasteiger charge is 2.26. The van der Waals surface area contributed by atoms with E-state index in [9.17, 15) is 22.4 Å². The number of nitrogens with one attached hydrogen (secondary N) is 1. The van der Waals surface area contributed by atoms with Crippen molar-refractivity contribution < 1.29 is 22.4 Å². The van der Waals surface area contributed by atoms with Gasteiger partial charge in [-0.2, -0.15) is 22.5 Å². The summed E-state index contributed by atoms with van der Waals surface area (Å²) in [4.78, 5) is 17.5. The molecule has 0 saturated carbocycles. The molecule has 0 radical (unpaired) electrons. The van der Waals surface area contributed by atoms with Crippen molar-refractivity contribution in [3.8, 4) is 0 Å². The minimum Gasteiger partial charge on any atom is -0.377 e. The van der Waals surface area contributed by atoms with Gasteiger partial charge in [-0.1, -0.05) is 0 Å². The lowest BCUT2D eigenvalue weighted by atomic mass is 10.0. The van der Waals surface area contributed by atoms with Crippen LogP contribution < -0.4 is 5.32 Å². The van der Waals surface area contributed by atoms with Crippen LogP contribution in [-0.4, -0.2) is 60.5 Å². The van der Waals surface area contributed by atoms with Gasteiger partial charge in [-0.05, 0) is 12.8 Å². The predicted molar refractivity (Wildman–Crippen MR) is 75.8 cm³/mol. The van der Waals surface area contributed by atoms with Crippen LogP contribution in [0.4, 0.5) is 23.2 Å². The van der Waals surface area contributed by atoms with E-state index in [-0.39, 0.29) is 18.5 Å². The van der Waals surface area contributed by atoms with Crippen molar-refractivity contribution in [1.82, 2.24) is 14.8 Å². The minimum absolute atomic E-state index is 0.0354. The van der Waals surface area contributed by atoms with Crippen LogP contribution in [0.15, 0.2) is 0 Å². The largest absolute Gasteiger partial charge is 0.377 e. The van der Waals surface area contributed by atoms with Crippen LogP contribution in [-0.2, 0) is 4.79 Å². The highest BCUT2D eigenvalue weighted by molar-refractivity contribution is 5.77. The molecule has 1 aromatic heterocycles. The van der Waals surface area contributed by atoms with E-state index < -0.39 is 29.2 Å². The number of halogens is 4. The zero-order chi connectivity index (χ0) is 17.1. The molecule has 1 aliphatic heterocycles. The van der Waals surface area contributed by atoms with E-state index in [0.717, 1.165) is 0 Å². The molecule has 1 aromatic rings. The third-order valence-corrected chi connectivity index (χ3v) is 3.79. The van der Waals surface area contributed by atoms with Crippen molar-refractivity contribution in [3.63, 3.8) is 0 Å². The number of likely N-dealkylation sites (N-methyl/N-ethyl adjacent to an activating group) is 1. The second-order valence-electron chi connectivity index (χ2n) is 5.68. The molecule has 1 aliphatic rings. The van der Waals surface area contributed by atoms with Gasteiger partial charge in [0.05, 0.1) is 6.54 Å². The maximum Gasteiger partial charge on any atom is 0.253 e. The molecule has 23 heavy (non-hydrogen) atoms. The number of likely N-dealkylation sites (tertiary alicyclic amines) is 1. The third kappa shape index (κ3) is 4.10. The van der Waals surface area contributed by atoms with Crippen LogP contribution in [0.5, 0.6) is 0 Å². The second kappa shape index (κ2) is 7.12. The first-order chi connectivity index (χ1) is 10.8. The maximum atomic E-state index is 13.6. The zero-order valence-corrected chi connectivity index (χ0v) is 12.9. The lowest BCUT2D eigenvalue weighted by molar-refractivity contribution is -0.130. The summed E-state index contributed by atoms with van der Waals surface area (Å²) >= 11 is 0. The summed E-state index contributed by atoms with van der Waals surface area (Å²) in [5.41, 5.74) is -0.835. The average molecular weight is 334 g/mol. The Morgan fingerprint density at radius 2 is 1.70 bits per heavy atom. The fourth-order valence-electron chi connectivity index (χ4n) is 2.39. The van der Waals surface area contributed by atoms with Gasteiger partial charge < -0.3 is 10.2 Å². The summed E-state index contributed by atoms with van der Waals surface area (Å²) in [7, 11) is 3.32. The molecule has 2 heterocycles. The van der Waals surface area contributed by atoms with Gasteiger partial charge in [0.2, 0.25) is 17.5 Å². The van der Waals surface area contributed by atoms with Gasteiger partial charge in [-0.25, -0.2) is 0 Å². The van der Waals surface area contributed by atoms with E-state index in [2.05, 4.69) is 10.3 Å². The second-order valence-corrected chi connectivity index (χ2v) is 5.68. The maximum absolute atomic E-state index is 13.6. The number of rotatable bonds is 4. The molecule has 5 nitrogen and oxygen atoms in total. The van der Waals surface area contributed by atoms with Gasteiger partial charge in [-0.15, -0.1) is 0 Å². The molecule has 1 saturated heterocycles. The number of carbonyl (C=O) groups excluding carboxylic acids is 1. The molecule has 0 unspecified atom stereocenters. The first kappa shape index (κ1) is 17.5. The highest BCUT2D eigenvalue weighted by Crippen LogP contribution is 2.25. The monoisotopic (exact) mass is 334 g/mol. The molecule has 1 amide bonds. The fourth-order valence-corrected chi connectivity index (χ4v) is 2.39.